The smallest absolute Gasteiger partial charge is 0.236 e. The zero-order valence-corrected chi connectivity index (χ0v) is 16.5. The fourth-order valence-electron chi connectivity index (χ4n) is 2.89. The fraction of sp³-hybridized carbons (Fsp3) is 0.211. The van der Waals surface area contributed by atoms with Crippen LogP contribution < -0.4 is 9.46 Å². The monoisotopic (exact) mass is 419 g/mol. The highest BCUT2D eigenvalue weighted by Gasteiger charge is 2.26. The van der Waals surface area contributed by atoms with E-state index < -0.39 is 10.0 Å². The van der Waals surface area contributed by atoms with Gasteiger partial charge in [-0.3, -0.25) is 9.71 Å². The maximum absolute atomic E-state index is 12.9. The number of thioether (sulfide) groups is 1. The summed E-state index contributed by atoms with van der Waals surface area (Å²) < 4.78 is 45.2. The van der Waals surface area contributed by atoms with Gasteiger partial charge in [-0.25, -0.2) is 12.8 Å². The Labute approximate surface area is 167 Å². The molecular weight excluding hydrogens is 401 g/mol. The van der Waals surface area contributed by atoms with E-state index in [9.17, 15) is 12.8 Å². The number of nitrogens with zero attached hydrogens (tertiary/aromatic N) is 2. The van der Waals surface area contributed by atoms with Crippen molar-refractivity contribution in [2.24, 2.45) is 4.99 Å². The predicted molar refractivity (Wildman–Crippen MR) is 110 cm³/mol. The summed E-state index contributed by atoms with van der Waals surface area (Å²) in [6, 6.07) is 12.7. The van der Waals surface area contributed by atoms with Gasteiger partial charge in [0.05, 0.1) is 12.2 Å². The normalized spacial score (nSPS) is 15.8. The molecule has 0 fully saturated rings. The lowest BCUT2D eigenvalue weighted by Crippen LogP contribution is -2.21. The van der Waals surface area contributed by atoms with E-state index in [4.69, 9.17) is 4.74 Å². The van der Waals surface area contributed by atoms with Crippen LogP contribution in [0.3, 0.4) is 0 Å². The maximum Gasteiger partial charge on any atom is 0.236 e. The summed E-state index contributed by atoms with van der Waals surface area (Å²) in [4.78, 5) is 6.59. The van der Waals surface area contributed by atoms with Crippen molar-refractivity contribution in [1.29, 1.82) is 0 Å². The average Bonchev–Trinajstić information content (AvgIpc) is 3.27. The van der Waals surface area contributed by atoms with Crippen molar-refractivity contribution in [3.8, 4) is 5.75 Å². The van der Waals surface area contributed by atoms with Crippen LogP contribution in [-0.4, -0.2) is 43.9 Å². The maximum atomic E-state index is 12.9. The van der Waals surface area contributed by atoms with E-state index in [0.717, 1.165) is 29.5 Å². The quantitative estimate of drug-likeness (QED) is 0.745. The Kier molecular flexibility index (Phi) is 5.27. The molecule has 0 saturated carbocycles. The van der Waals surface area contributed by atoms with Crippen LogP contribution in [0.15, 0.2) is 58.9 Å². The van der Waals surface area contributed by atoms with Crippen molar-refractivity contribution in [2.45, 2.75) is 0 Å². The van der Waals surface area contributed by atoms with Gasteiger partial charge in [0.15, 0.2) is 5.17 Å². The first-order valence-corrected chi connectivity index (χ1v) is 11.2. The van der Waals surface area contributed by atoms with Crippen molar-refractivity contribution in [1.82, 2.24) is 4.90 Å². The van der Waals surface area contributed by atoms with E-state index in [1.165, 1.54) is 24.3 Å². The van der Waals surface area contributed by atoms with Crippen LogP contribution in [0.4, 0.5) is 10.1 Å². The van der Waals surface area contributed by atoms with Gasteiger partial charge in [0.25, 0.3) is 0 Å². The molecule has 0 saturated heterocycles. The van der Waals surface area contributed by atoms with Gasteiger partial charge in [-0.2, -0.15) is 0 Å². The van der Waals surface area contributed by atoms with E-state index >= 15 is 0 Å². The fourth-order valence-corrected chi connectivity index (χ4v) is 4.75. The number of hydrogen-bond donors (Lipinski definition) is 1. The van der Waals surface area contributed by atoms with Crippen molar-refractivity contribution >= 4 is 38.3 Å². The lowest BCUT2D eigenvalue weighted by Gasteiger charge is -2.17. The summed E-state index contributed by atoms with van der Waals surface area (Å²) in [5, 5.41) is 3.07. The van der Waals surface area contributed by atoms with Gasteiger partial charge in [-0.05, 0) is 42.0 Å². The number of amidine groups is 1. The van der Waals surface area contributed by atoms with Gasteiger partial charge in [0, 0.05) is 17.6 Å². The van der Waals surface area contributed by atoms with Crippen LogP contribution in [0.2, 0.25) is 0 Å². The summed E-state index contributed by atoms with van der Waals surface area (Å²) in [5.74, 6) is -0.152. The molecule has 0 radical (unpaired) electrons. The van der Waals surface area contributed by atoms with Crippen molar-refractivity contribution in [2.75, 3.05) is 30.2 Å². The molecule has 0 aromatic heterocycles. The van der Waals surface area contributed by atoms with Crippen LogP contribution in [0.25, 0.3) is 5.70 Å². The van der Waals surface area contributed by atoms with Crippen molar-refractivity contribution in [3.63, 3.8) is 0 Å². The first kappa shape index (κ1) is 18.8. The number of ether oxygens (including phenoxy) is 1. The van der Waals surface area contributed by atoms with Gasteiger partial charge >= 0.3 is 0 Å². The summed E-state index contributed by atoms with van der Waals surface area (Å²) in [6.45, 7) is 1.65. The molecule has 0 amide bonds. The Hall–Kier alpha value is -2.52. The molecular formula is C19H18FN3O3S2. The zero-order chi connectivity index (χ0) is 19.6. The van der Waals surface area contributed by atoms with Crippen LogP contribution >= 0.6 is 11.8 Å². The largest absolute Gasteiger partial charge is 0.492 e. The van der Waals surface area contributed by atoms with Gasteiger partial charge in [0.2, 0.25) is 10.0 Å². The Bertz CT molecular complexity index is 1020. The SMILES string of the molecule is O=S(=O)(CCOc1ccc(F)cc1)Nc1ccc(C2=CSC3=NCCN23)cc1. The number of fused-ring (bicyclic) bond motifs is 1. The molecule has 0 atom stereocenters. The van der Waals surface area contributed by atoms with Gasteiger partial charge < -0.3 is 9.64 Å². The van der Waals surface area contributed by atoms with Crippen LogP contribution in [0, 0.1) is 5.82 Å². The highest BCUT2D eigenvalue weighted by Crippen LogP contribution is 2.35. The van der Waals surface area contributed by atoms with Crippen LogP contribution in [0.5, 0.6) is 5.75 Å². The topological polar surface area (TPSA) is 71.0 Å². The molecule has 4 rings (SSSR count). The van der Waals surface area contributed by atoms with E-state index in [2.05, 4.69) is 20.0 Å². The third kappa shape index (κ3) is 4.31. The summed E-state index contributed by atoms with van der Waals surface area (Å²) in [6.07, 6.45) is 0. The number of halogens is 1. The number of rotatable bonds is 7. The van der Waals surface area contributed by atoms with Crippen LogP contribution in [-0.2, 0) is 10.0 Å². The molecule has 146 valence electrons. The van der Waals surface area contributed by atoms with E-state index in [1.807, 2.05) is 12.1 Å². The molecule has 2 heterocycles. The summed E-state index contributed by atoms with van der Waals surface area (Å²) in [7, 11) is -3.56. The highest BCUT2D eigenvalue weighted by molar-refractivity contribution is 8.16. The lowest BCUT2D eigenvalue weighted by atomic mass is 10.1. The van der Waals surface area contributed by atoms with Gasteiger partial charge in [-0.1, -0.05) is 23.9 Å². The van der Waals surface area contributed by atoms with E-state index in [1.54, 1.807) is 23.9 Å². The molecule has 0 aliphatic carbocycles. The molecule has 28 heavy (non-hydrogen) atoms. The van der Waals surface area contributed by atoms with Crippen LogP contribution in [0.1, 0.15) is 5.56 Å². The Morgan fingerprint density at radius 1 is 1.14 bits per heavy atom. The second-order valence-electron chi connectivity index (χ2n) is 6.24. The molecule has 6 nitrogen and oxygen atoms in total. The molecule has 0 bridgehead atoms. The third-order valence-electron chi connectivity index (χ3n) is 4.26. The minimum atomic E-state index is -3.56. The summed E-state index contributed by atoms with van der Waals surface area (Å²) in [5.41, 5.74) is 2.60. The van der Waals surface area contributed by atoms with E-state index in [-0.39, 0.29) is 18.2 Å². The number of sulfonamides is 1. The minimum absolute atomic E-state index is 0.0275. The molecule has 0 spiro atoms. The van der Waals surface area contributed by atoms with Crippen molar-refractivity contribution < 1.29 is 17.5 Å². The molecule has 2 aromatic rings. The third-order valence-corrected chi connectivity index (χ3v) is 6.41. The van der Waals surface area contributed by atoms with E-state index in [0.29, 0.717) is 11.4 Å². The first-order chi connectivity index (χ1) is 13.5. The highest BCUT2D eigenvalue weighted by atomic mass is 32.2. The van der Waals surface area contributed by atoms with Gasteiger partial charge in [0.1, 0.15) is 23.9 Å². The number of anilines is 1. The Morgan fingerprint density at radius 2 is 1.89 bits per heavy atom. The molecule has 9 heteroatoms. The molecule has 2 aliphatic rings. The van der Waals surface area contributed by atoms with Crippen molar-refractivity contribution in [3.05, 3.63) is 65.3 Å². The standard InChI is InChI=1S/C19H18FN3O3S2/c20-15-3-7-17(8-4-15)26-11-12-28(24,25)22-16-5-1-14(2-6-16)18-13-27-19-21-9-10-23(18)19/h1-8,13,22H,9-12H2. The predicted octanol–water partition coefficient (Wildman–Crippen LogP) is 3.36. The first-order valence-electron chi connectivity index (χ1n) is 8.68. The lowest BCUT2D eigenvalue weighted by molar-refractivity contribution is 0.340. The number of nitrogens with one attached hydrogen (secondary N) is 1. The Balaban J connectivity index is 1.33. The second kappa shape index (κ2) is 7.84. The zero-order valence-electron chi connectivity index (χ0n) is 14.8. The average molecular weight is 420 g/mol. The second-order valence-corrected chi connectivity index (χ2v) is 8.92. The number of hydrogen-bond acceptors (Lipinski definition) is 6. The molecule has 0 unspecified atom stereocenters. The molecule has 1 N–H and O–H groups in total. The Morgan fingerprint density at radius 3 is 2.64 bits per heavy atom. The molecule has 2 aromatic carbocycles. The number of benzene rings is 2. The summed E-state index contributed by atoms with van der Waals surface area (Å²) >= 11 is 1.61. The minimum Gasteiger partial charge on any atom is -0.492 e. The van der Waals surface area contributed by atoms with Gasteiger partial charge in [-0.15, -0.1) is 0 Å². The molecule has 2 aliphatic heterocycles. The number of aliphatic imine (C=N–C) groups is 1.